The molecule has 2 aliphatic rings. The zero-order chi connectivity index (χ0) is 18.9. The van der Waals surface area contributed by atoms with E-state index in [1.165, 1.54) is 5.56 Å². The second-order valence-electron chi connectivity index (χ2n) is 7.21. The Bertz CT molecular complexity index is 822. The highest BCUT2D eigenvalue weighted by Crippen LogP contribution is 2.28. The number of sulfone groups is 1. The van der Waals surface area contributed by atoms with Crippen LogP contribution in [-0.2, 0) is 14.6 Å². The van der Waals surface area contributed by atoms with Crippen molar-refractivity contribution in [3.05, 3.63) is 29.3 Å². The summed E-state index contributed by atoms with van der Waals surface area (Å²) in [7, 11) is -3.21. The first-order valence-corrected chi connectivity index (χ1v) is 10.6. The van der Waals surface area contributed by atoms with Crippen molar-refractivity contribution < 1.29 is 18.0 Å². The molecule has 0 unspecified atom stereocenters. The van der Waals surface area contributed by atoms with Gasteiger partial charge < -0.3 is 16.0 Å². The summed E-state index contributed by atoms with van der Waals surface area (Å²) in [5, 5.41) is 7.67. The Morgan fingerprint density at radius 2 is 1.96 bits per heavy atom. The molecule has 3 N–H and O–H groups in total. The lowest BCUT2D eigenvalue weighted by atomic mass is 10.0. The highest BCUT2D eigenvalue weighted by atomic mass is 32.2. The minimum Gasteiger partial charge on any atom is -0.332 e. The number of carbonyl (C=O) groups is 2. The number of carbonyl (C=O) groups excluding carboxylic acids is 2. The lowest BCUT2D eigenvalue weighted by molar-refractivity contribution is -0.116. The molecule has 0 aromatic heterocycles. The molecule has 0 aliphatic carbocycles. The number of hydrogen-bond acceptors (Lipinski definition) is 4. The van der Waals surface area contributed by atoms with Gasteiger partial charge in [0.15, 0.2) is 9.84 Å². The van der Waals surface area contributed by atoms with Crippen LogP contribution in [0, 0.1) is 13.8 Å². The zero-order valence-corrected chi connectivity index (χ0v) is 15.9. The van der Waals surface area contributed by atoms with Crippen LogP contribution in [0.5, 0.6) is 0 Å². The van der Waals surface area contributed by atoms with Crippen molar-refractivity contribution in [3.8, 4) is 0 Å². The first kappa shape index (κ1) is 18.7. The average Bonchev–Trinajstić information content (AvgIpc) is 2.99. The summed E-state index contributed by atoms with van der Waals surface area (Å²) in [6.07, 6.45) is 2.05. The average molecular weight is 379 g/mol. The maximum Gasteiger partial charge on any atom is 0.315 e. The molecule has 3 atom stereocenters. The summed E-state index contributed by atoms with van der Waals surface area (Å²) in [5.41, 5.74) is 3.07. The number of anilines is 1. The van der Waals surface area contributed by atoms with Gasteiger partial charge in [-0.15, -0.1) is 0 Å². The smallest absolute Gasteiger partial charge is 0.315 e. The largest absolute Gasteiger partial charge is 0.332 e. The van der Waals surface area contributed by atoms with Crippen molar-refractivity contribution in [2.24, 2.45) is 0 Å². The number of aryl methyl sites for hydroxylation is 2. The van der Waals surface area contributed by atoms with E-state index in [0.717, 1.165) is 11.3 Å². The van der Waals surface area contributed by atoms with Crippen LogP contribution in [0.2, 0.25) is 0 Å². The van der Waals surface area contributed by atoms with E-state index in [1.807, 2.05) is 32.0 Å². The number of urea groups is 1. The molecule has 8 heteroatoms. The Morgan fingerprint density at radius 3 is 2.69 bits per heavy atom. The zero-order valence-electron chi connectivity index (χ0n) is 15.0. The molecule has 2 aliphatic heterocycles. The molecule has 1 aromatic carbocycles. The van der Waals surface area contributed by atoms with Crippen LogP contribution >= 0.6 is 0 Å². The van der Waals surface area contributed by atoms with Gasteiger partial charge in [-0.05, 0) is 49.9 Å². The summed E-state index contributed by atoms with van der Waals surface area (Å²) >= 11 is 0. The number of amides is 3. The number of benzene rings is 1. The fourth-order valence-electron chi connectivity index (χ4n) is 3.68. The molecule has 1 aromatic rings. The molecule has 3 rings (SSSR count). The molecule has 2 saturated heterocycles. The van der Waals surface area contributed by atoms with Crippen LogP contribution in [0.4, 0.5) is 10.5 Å². The topological polar surface area (TPSA) is 104 Å². The second-order valence-corrected chi connectivity index (χ2v) is 9.48. The number of fused-ring (bicyclic) bond motifs is 1. The van der Waals surface area contributed by atoms with Crippen LogP contribution in [0.25, 0.3) is 0 Å². The van der Waals surface area contributed by atoms with Crippen LogP contribution < -0.4 is 16.0 Å². The van der Waals surface area contributed by atoms with Crippen molar-refractivity contribution in [1.82, 2.24) is 10.6 Å². The first-order valence-electron chi connectivity index (χ1n) is 8.92. The second kappa shape index (κ2) is 7.26. The predicted molar refractivity (Wildman–Crippen MR) is 99.8 cm³/mol. The molecular weight excluding hydrogens is 354 g/mol. The predicted octanol–water partition coefficient (Wildman–Crippen LogP) is 1.65. The van der Waals surface area contributed by atoms with E-state index in [0.29, 0.717) is 25.7 Å². The van der Waals surface area contributed by atoms with Gasteiger partial charge in [-0.3, -0.25) is 4.79 Å². The summed E-state index contributed by atoms with van der Waals surface area (Å²) in [6.45, 7) is 4.02. The van der Waals surface area contributed by atoms with Crippen LogP contribution in [0.3, 0.4) is 0 Å². The van der Waals surface area contributed by atoms with E-state index in [1.54, 1.807) is 0 Å². The molecule has 26 heavy (non-hydrogen) atoms. The van der Waals surface area contributed by atoms with Crippen molar-refractivity contribution >= 4 is 27.5 Å². The van der Waals surface area contributed by atoms with E-state index in [-0.39, 0.29) is 29.8 Å². The van der Waals surface area contributed by atoms with E-state index < -0.39 is 15.1 Å². The Kier molecular flexibility index (Phi) is 5.22. The Balaban J connectivity index is 1.45. The van der Waals surface area contributed by atoms with Crippen LogP contribution in [0.15, 0.2) is 18.2 Å². The number of unbranched alkanes of at least 4 members (excludes halogenated alkanes) is 1. The third-order valence-corrected chi connectivity index (χ3v) is 7.53. The molecule has 0 bridgehead atoms. The highest BCUT2D eigenvalue weighted by Gasteiger charge is 2.51. The van der Waals surface area contributed by atoms with Crippen molar-refractivity contribution in [2.45, 2.75) is 56.9 Å². The number of rotatable bonds is 6. The first-order chi connectivity index (χ1) is 12.3. The highest BCUT2D eigenvalue weighted by molar-refractivity contribution is 7.92. The summed E-state index contributed by atoms with van der Waals surface area (Å²) in [4.78, 5) is 23.4. The molecule has 0 saturated carbocycles. The van der Waals surface area contributed by atoms with Gasteiger partial charge in [-0.2, -0.15) is 0 Å². The maximum absolute atomic E-state index is 12.2. The van der Waals surface area contributed by atoms with Gasteiger partial charge in [0, 0.05) is 12.1 Å². The Morgan fingerprint density at radius 1 is 1.19 bits per heavy atom. The normalized spacial score (nSPS) is 26.1. The quantitative estimate of drug-likeness (QED) is 0.516. The monoisotopic (exact) mass is 379 g/mol. The standard InChI is InChI=1S/C18H25N3O4S/c1-11-7-8-13(9-12(11)2)19-16(22)6-4-3-5-15-17-14(10-26(15,24)25)20-18(23)21-17/h7-9,14-15,17H,3-6,10H2,1-2H3,(H,19,22)(H2,20,21,23)/t14-,15-,17+/m1/s1. The van der Waals surface area contributed by atoms with Crippen molar-refractivity contribution in [1.29, 1.82) is 0 Å². The molecule has 2 fully saturated rings. The fourth-order valence-corrected chi connectivity index (χ4v) is 5.95. The SMILES string of the molecule is Cc1ccc(NC(=O)CCCC[C@@H]2[C@H]3NC(=O)N[C@@H]3CS2(=O)=O)cc1C. The lowest BCUT2D eigenvalue weighted by Crippen LogP contribution is -2.39. The molecule has 3 amide bonds. The van der Waals surface area contributed by atoms with E-state index in [9.17, 15) is 18.0 Å². The third-order valence-electron chi connectivity index (χ3n) is 5.25. The van der Waals surface area contributed by atoms with Crippen LogP contribution in [-0.4, -0.2) is 43.4 Å². The molecule has 0 radical (unpaired) electrons. The van der Waals surface area contributed by atoms with Gasteiger partial charge >= 0.3 is 6.03 Å². The third kappa shape index (κ3) is 4.00. The summed E-state index contributed by atoms with van der Waals surface area (Å²) in [5.74, 6) is -0.0785. The number of nitrogens with one attached hydrogen (secondary N) is 3. The molecule has 142 valence electrons. The van der Waals surface area contributed by atoms with Gasteiger partial charge in [0.2, 0.25) is 5.91 Å². The Labute approximate surface area is 153 Å². The summed E-state index contributed by atoms with van der Waals surface area (Å²) < 4.78 is 24.5. The van der Waals surface area contributed by atoms with Crippen LogP contribution in [0.1, 0.15) is 36.8 Å². The van der Waals surface area contributed by atoms with Gasteiger partial charge in [0.25, 0.3) is 0 Å². The molecule has 2 heterocycles. The van der Waals surface area contributed by atoms with E-state index in [4.69, 9.17) is 0 Å². The lowest BCUT2D eigenvalue weighted by Gasteiger charge is -2.16. The minimum atomic E-state index is -3.21. The van der Waals surface area contributed by atoms with Gasteiger partial charge in [0.1, 0.15) is 0 Å². The maximum atomic E-state index is 12.2. The summed E-state index contributed by atoms with van der Waals surface area (Å²) in [6, 6.07) is 4.81. The van der Waals surface area contributed by atoms with Gasteiger partial charge in [0.05, 0.1) is 23.1 Å². The van der Waals surface area contributed by atoms with Gasteiger partial charge in [-0.25, -0.2) is 13.2 Å². The minimum absolute atomic E-state index is 0.00562. The van der Waals surface area contributed by atoms with E-state index >= 15 is 0 Å². The van der Waals surface area contributed by atoms with Crippen molar-refractivity contribution in [3.63, 3.8) is 0 Å². The van der Waals surface area contributed by atoms with Gasteiger partial charge in [-0.1, -0.05) is 12.5 Å². The van der Waals surface area contributed by atoms with E-state index in [2.05, 4.69) is 16.0 Å². The fraction of sp³-hybridized carbons (Fsp3) is 0.556. The Hall–Kier alpha value is -2.09. The molecular formula is C18H25N3O4S. The van der Waals surface area contributed by atoms with Crippen molar-refractivity contribution in [2.75, 3.05) is 11.1 Å². The molecule has 0 spiro atoms. The molecule has 7 nitrogen and oxygen atoms in total. The number of hydrogen-bond donors (Lipinski definition) is 3.